The summed E-state index contributed by atoms with van der Waals surface area (Å²) in [6.45, 7) is 8.75. The Kier molecular flexibility index (Phi) is 3.06. The molecule has 1 aromatic rings. The maximum Gasteiger partial charge on any atom is 0.131 e. The number of aromatic nitrogens is 2. The molecular formula is C10H15BrN2. The number of rotatable bonds is 1. The van der Waals surface area contributed by atoms with Crippen LogP contribution in [0.2, 0.25) is 0 Å². The highest BCUT2D eigenvalue weighted by Gasteiger charge is 2.23. The third kappa shape index (κ3) is 2.76. The van der Waals surface area contributed by atoms with Crippen molar-refractivity contribution in [2.45, 2.75) is 33.6 Å². The van der Waals surface area contributed by atoms with Crippen molar-refractivity contribution in [2.24, 2.45) is 5.41 Å². The summed E-state index contributed by atoms with van der Waals surface area (Å²) in [5.41, 5.74) is 0.216. The molecule has 0 bridgehead atoms. The van der Waals surface area contributed by atoms with Gasteiger partial charge >= 0.3 is 0 Å². The van der Waals surface area contributed by atoms with E-state index in [0.717, 1.165) is 10.3 Å². The molecular weight excluding hydrogens is 228 g/mol. The molecule has 1 aromatic heterocycles. The van der Waals surface area contributed by atoms with E-state index in [9.17, 15) is 0 Å². The summed E-state index contributed by atoms with van der Waals surface area (Å²) >= 11 is 3.32. The zero-order valence-electron chi connectivity index (χ0n) is 8.50. The van der Waals surface area contributed by atoms with Gasteiger partial charge in [0.05, 0.1) is 4.47 Å². The standard InChI is InChI=1S/C10H15BrN2/c1-7(10(2,3)4)9-12-5-8(11)6-13-9/h5-7H,1-4H3. The molecule has 3 heteroatoms. The highest BCUT2D eigenvalue weighted by Crippen LogP contribution is 2.32. The van der Waals surface area contributed by atoms with Crippen LogP contribution in [0.5, 0.6) is 0 Å². The quantitative estimate of drug-likeness (QED) is 0.755. The van der Waals surface area contributed by atoms with Crippen LogP contribution in [0.3, 0.4) is 0 Å². The molecule has 0 amide bonds. The number of nitrogens with zero attached hydrogens (tertiary/aromatic N) is 2. The minimum Gasteiger partial charge on any atom is -0.240 e. The largest absolute Gasteiger partial charge is 0.240 e. The Balaban J connectivity index is 2.90. The van der Waals surface area contributed by atoms with E-state index >= 15 is 0 Å². The van der Waals surface area contributed by atoms with E-state index in [0.29, 0.717) is 5.92 Å². The Bertz CT molecular complexity index is 274. The zero-order valence-corrected chi connectivity index (χ0v) is 10.1. The van der Waals surface area contributed by atoms with Crippen LogP contribution >= 0.6 is 15.9 Å². The molecule has 0 radical (unpaired) electrons. The lowest BCUT2D eigenvalue weighted by Gasteiger charge is -2.25. The van der Waals surface area contributed by atoms with Crippen LogP contribution in [0.4, 0.5) is 0 Å². The van der Waals surface area contributed by atoms with E-state index in [1.54, 1.807) is 12.4 Å². The number of hydrogen-bond acceptors (Lipinski definition) is 2. The number of halogens is 1. The van der Waals surface area contributed by atoms with Gasteiger partial charge in [0.2, 0.25) is 0 Å². The van der Waals surface area contributed by atoms with Gasteiger partial charge in [0.1, 0.15) is 5.82 Å². The highest BCUT2D eigenvalue weighted by atomic mass is 79.9. The van der Waals surface area contributed by atoms with Gasteiger partial charge in [-0.05, 0) is 21.3 Å². The number of hydrogen-bond donors (Lipinski definition) is 0. The molecule has 1 atom stereocenters. The Morgan fingerprint density at radius 2 is 1.69 bits per heavy atom. The van der Waals surface area contributed by atoms with Crippen molar-refractivity contribution < 1.29 is 0 Å². The molecule has 0 saturated carbocycles. The van der Waals surface area contributed by atoms with Gasteiger partial charge in [-0.25, -0.2) is 9.97 Å². The summed E-state index contributed by atoms with van der Waals surface area (Å²) in [6, 6.07) is 0. The second-order valence-corrected chi connectivity index (χ2v) is 5.26. The van der Waals surface area contributed by atoms with Crippen LogP contribution < -0.4 is 0 Å². The topological polar surface area (TPSA) is 25.8 Å². The van der Waals surface area contributed by atoms with Gasteiger partial charge in [-0.2, -0.15) is 0 Å². The first-order valence-corrected chi connectivity index (χ1v) is 5.18. The first-order valence-electron chi connectivity index (χ1n) is 4.38. The Morgan fingerprint density at radius 1 is 1.23 bits per heavy atom. The molecule has 0 N–H and O–H groups in total. The normalized spacial score (nSPS) is 14.2. The molecule has 0 aliphatic carbocycles. The minimum absolute atomic E-state index is 0.216. The molecule has 1 heterocycles. The van der Waals surface area contributed by atoms with E-state index in [1.807, 2.05) is 0 Å². The van der Waals surface area contributed by atoms with Crippen molar-refractivity contribution in [3.05, 3.63) is 22.7 Å². The Labute approximate surface area is 87.9 Å². The lowest BCUT2D eigenvalue weighted by Crippen LogP contribution is -2.17. The predicted octanol–water partition coefficient (Wildman–Crippen LogP) is 3.39. The molecule has 72 valence electrons. The third-order valence-electron chi connectivity index (χ3n) is 2.33. The van der Waals surface area contributed by atoms with Gasteiger partial charge in [0.25, 0.3) is 0 Å². The van der Waals surface area contributed by atoms with Gasteiger partial charge in [0.15, 0.2) is 0 Å². The van der Waals surface area contributed by atoms with Gasteiger partial charge < -0.3 is 0 Å². The van der Waals surface area contributed by atoms with E-state index in [4.69, 9.17) is 0 Å². The summed E-state index contributed by atoms with van der Waals surface area (Å²) in [6.07, 6.45) is 3.59. The third-order valence-corrected chi connectivity index (χ3v) is 2.74. The van der Waals surface area contributed by atoms with Crippen molar-refractivity contribution in [1.82, 2.24) is 9.97 Å². The molecule has 0 saturated heterocycles. The fourth-order valence-electron chi connectivity index (χ4n) is 0.933. The van der Waals surface area contributed by atoms with Crippen molar-refractivity contribution in [2.75, 3.05) is 0 Å². The Morgan fingerprint density at radius 3 is 2.08 bits per heavy atom. The molecule has 0 aliphatic heterocycles. The molecule has 0 aromatic carbocycles. The van der Waals surface area contributed by atoms with Crippen molar-refractivity contribution >= 4 is 15.9 Å². The minimum atomic E-state index is 0.216. The van der Waals surface area contributed by atoms with Crippen LogP contribution in [0.25, 0.3) is 0 Å². The van der Waals surface area contributed by atoms with Crippen molar-refractivity contribution in [1.29, 1.82) is 0 Å². The van der Waals surface area contributed by atoms with Crippen LogP contribution in [0, 0.1) is 5.41 Å². The van der Waals surface area contributed by atoms with E-state index < -0.39 is 0 Å². The average Bonchev–Trinajstić information content (AvgIpc) is 2.03. The zero-order chi connectivity index (χ0) is 10.1. The monoisotopic (exact) mass is 242 g/mol. The highest BCUT2D eigenvalue weighted by molar-refractivity contribution is 9.10. The molecule has 1 unspecified atom stereocenters. The summed E-state index contributed by atoms with van der Waals surface area (Å²) in [7, 11) is 0. The lowest BCUT2D eigenvalue weighted by atomic mass is 9.81. The van der Waals surface area contributed by atoms with Crippen LogP contribution in [0.1, 0.15) is 39.4 Å². The van der Waals surface area contributed by atoms with Gasteiger partial charge in [-0.1, -0.05) is 27.7 Å². The SMILES string of the molecule is CC(c1ncc(Br)cn1)C(C)(C)C. The first kappa shape index (κ1) is 10.6. The van der Waals surface area contributed by atoms with Gasteiger partial charge in [-0.3, -0.25) is 0 Å². The second kappa shape index (κ2) is 3.74. The van der Waals surface area contributed by atoms with Crippen LogP contribution in [0.15, 0.2) is 16.9 Å². The van der Waals surface area contributed by atoms with Gasteiger partial charge in [0, 0.05) is 18.3 Å². The summed E-state index contributed by atoms with van der Waals surface area (Å²) in [5.74, 6) is 1.29. The fraction of sp³-hybridized carbons (Fsp3) is 0.600. The van der Waals surface area contributed by atoms with E-state index in [1.165, 1.54) is 0 Å². The maximum atomic E-state index is 4.29. The molecule has 1 rings (SSSR count). The smallest absolute Gasteiger partial charge is 0.131 e. The molecule has 0 aliphatic rings. The maximum absolute atomic E-state index is 4.29. The molecule has 0 spiro atoms. The molecule has 2 nitrogen and oxygen atoms in total. The average molecular weight is 243 g/mol. The van der Waals surface area contributed by atoms with Crippen molar-refractivity contribution in [3.63, 3.8) is 0 Å². The summed E-state index contributed by atoms with van der Waals surface area (Å²) < 4.78 is 0.928. The van der Waals surface area contributed by atoms with Gasteiger partial charge in [-0.15, -0.1) is 0 Å². The summed E-state index contributed by atoms with van der Waals surface area (Å²) in [5, 5.41) is 0. The van der Waals surface area contributed by atoms with Crippen LogP contribution in [-0.4, -0.2) is 9.97 Å². The predicted molar refractivity (Wildman–Crippen MR) is 57.6 cm³/mol. The first-order chi connectivity index (χ1) is 5.91. The molecule has 13 heavy (non-hydrogen) atoms. The Hall–Kier alpha value is -0.440. The second-order valence-electron chi connectivity index (χ2n) is 4.35. The van der Waals surface area contributed by atoms with Crippen LogP contribution in [-0.2, 0) is 0 Å². The summed E-state index contributed by atoms with van der Waals surface area (Å²) in [4.78, 5) is 8.57. The molecule has 0 fully saturated rings. The lowest BCUT2D eigenvalue weighted by molar-refractivity contribution is 0.328. The van der Waals surface area contributed by atoms with E-state index in [2.05, 4.69) is 53.6 Å². The fourth-order valence-corrected chi connectivity index (χ4v) is 1.14. The van der Waals surface area contributed by atoms with E-state index in [-0.39, 0.29) is 5.41 Å². The van der Waals surface area contributed by atoms with Crippen molar-refractivity contribution in [3.8, 4) is 0 Å².